The third-order valence-electron chi connectivity index (χ3n) is 5.55. The summed E-state index contributed by atoms with van der Waals surface area (Å²) >= 11 is 7.40. The third-order valence-corrected chi connectivity index (χ3v) is 6.51. The van der Waals surface area contributed by atoms with Crippen molar-refractivity contribution in [2.24, 2.45) is 0 Å². The minimum absolute atomic E-state index is 0.0841. The average molecular weight is 482 g/mol. The van der Waals surface area contributed by atoms with Crippen LogP contribution in [0.25, 0.3) is 0 Å². The van der Waals surface area contributed by atoms with Crippen LogP contribution in [0.4, 0.5) is 19.0 Å². The third kappa shape index (κ3) is 4.50. The molecule has 2 aromatic rings. The highest BCUT2D eigenvalue weighted by Crippen LogP contribution is 2.41. The number of carbonyl (C=O) groups excluding carboxylic acids is 1. The van der Waals surface area contributed by atoms with E-state index in [2.05, 4.69) is 16.0 Å². The van der Waals surface area contributed by atoms with Crippen molar-refractivity contribution >= 4 is 35.1 Å². The smallest absolute Gasteiger partial charge is 0.352 e. The second-order valence-electron chi connectivity index (χ2n) is 7.67. The van der Waals surface area contributed by atoms with Gasteiger partial charge in [0.1, 0.15) is 16.9 Å². The number of nitriles is 1. The number of anilines is 1. The Kier molecular flexibility index (Phi) is 6.23. The number of amides is 1. The van der Waals surface area contributed by atoms with Crippen LogP contribution in [0.15, 0.2) is 23.4 Å². The van der Waals surface area contributed by atoms with Gasteiger partial charge in [-0.15, -0.1) is 11.8 Å². The minimum atomic E-state index is -4.52. The van der Waals surface area contributed by atoms with Gasteiger partial charge in [0.05, 0.1) is 21.7 Å². The first-order valence-electron chi connectivity index (χ1n) is 9.99. The molecule has 6 nitrogen and oxygen atoms in total. The van der Waals surface area contributed by atoms with Crippen molar-refractivity contribution in [3.05, 3.63) is 45.7 Å². The normalized spacial score (nSPS) is 16.8. The highest BCUT2D eigenvalue weighted by atomic mass is 35.5. The van der Waals surface area contributed by atoms with Crippen LogP contribution in [0.5, 0.6) is 0 Å². The first-order chi connectivity index (χ1) is 15.2. The molecule has 32 heavy (non-hydrogen) atoms. The van der Waals surface area contributed by atoms with Gasteiger partial charge < -0.3 is 9.80 Å². The lowest BCUT2D eigenvalue weighted by Gasteiger charge is -2.36. The largest absolute Gasteiger partial charge is 0.417 e. The molecule has 1 aliphatic heterocycles. The summed E-state index contributed by atoms with van der Waals surface area (Å²) in [6.07, 6.45) is 0.129. The predicted octanol–water partition coefficient (Wildman–Crippen LogP) is 4.58. The fraction of sp³-hybridized carbons (Fsp3) is 0.429. The number of nitrogens with zero attached hydrogens (tertiary/aromatic N) is 5. The zero-order valence-corrected chi connectivity index (χ0v) is 18.7. The van der Waals surface area contributed by atoms with Crippen LogP contribution in [0.2, 0.25) is 5.02 Å². The van der Waals surface area contributed by atoms with Crippen LogP contribution >= 0.6 is 23.4 Å². The van der Waals surface area contributed by atoms with Crippen molar-refractivity contribution in [3.63, 3.8) is 0 Å². The van der Waals surface area contributed by atoms with Crippen LogP contribution in [0, 0.1) is 11.3 Å². The van der Waals surface area contributed by atoms with Crippen LogP contribution < -0.4 is 4.90 Å². The molecule has 2 aromatic heterocycles. The van der Waals surface area contributed by atoms with E-state index in [-0.39, 0.29) is 22.3 Å². The van der Waals surface area contributed by atoms with E-state index in [1.807, 2.05) is 6.26 Å². The van der Waals surface area contributed by atoms with Crippen LogP contribution in [0.1, 0.15) is 45.9 Å². The average Bonchev–Trinajstić information content (AvgIpc) is 3.62. The minimum Gasteiger partial charge on any atom is -0.352 e. The van der Waals surface area contributed by atoms with Crippen molar-refractivity contribution in [2.75, 3.05) is 37.3 Å². The molecule has 1 saturated heterocycles. The Bertz CT molecular complexity index is 1090. The molecular formula is C21H19ClF3N5OS. The molecule has 1 saturated carbocycles. The second kappa shape index (κ2) is 8.79. The number of rotatable bonds is 4. The van der Waals surface area contributed by atoms with Gasteiger partial charge in [-0.25, -0.2) is 9.97 Å². The molecule has 0 unspecified atom stereocenters. The standard InChI is InChI=1S/C21H19ClF3N5OS/c1-32-19-15(10-26)14(9-17(28-19)12-2-3-12)20(31)30-6-4-29(5-7-30)18-16(22)8-13(11-27-18)21(23,24)25/h8-9,11-12H,2-7H2,1H3. The van der Waals surface area contributed by atoms with Crippen LogP contribution in [-0.4, -0.2) is 53.2 Å². The summed E-state index contributed by atoms with van der Waals surface area (Å²) in [4.78, 5) is 25.1. The molecule has 0 aromatic carbocycles. The lowest BCUT2D eigenvalue weighted by molar-refractivity contribution is -0.137. The number of hydrogen-bond acceptors (Lipinski definition) is 6. The number of halogens is 4. The molecule has 1 amide bonds. The summed E-state index contributed by atoms with van der Waals surface area (Å²) in [7, 11) is 0. The number of alkyl halides is 3. The van der Waals surface area contributed by atoms with E-state index in [0.29, 0.717) is 42.7 Å². The monoisotopic (exact) mass is 481 g/mol. The van der Waals surface area contributed by atoms with Crippen molar-refractivity contribution in [1.29, 1.82) is 5.26 Å². The molecule has 11 heteroatoms. The summed E-state index contributed by atoms with van der Waals surface area (Å²) in [6, 6.07) is 4.72. The maximum Gasteiger partial charge on any atom is 0.417 e. The van der Waals surface area contributed by atoms with Crippen molar-refractivity contribution in [2.45, 2.75) is 30.0 Å². The SMILES string of the molecule is CSc1nc(C2CC2)cc(C(=O)N2CCN(c3ncc(C(F)(F)F)cc3Cl)CC2)c1C#N. The fourth-order valence-electron chi connectivity index (χ4n) is 3.66. The Morgan fingerprint density at radius 2 is 1.94 bits per heavy atom. The van der Waals surface area contributed by atoms with Crippen molar-refractivity contribution in [3.8, 4) is 6.07 Å². The topological polar surface area (TPSA) is 73.1 Å². The number of pyridine rings is 2. The quantitative estimate of drug-likeness (QED) is 0.595. The molecule has 4 rings (SSSR count). The first-order valence-corrected chi connectivity index (χ1v) is 11.6. The molecule has 2 fully saturated rings. The Labute approximate surface area is 192 Å². The van der Waals surface area contributed by atoms with Gasteiger partial charge in [0.25, 0.3) is 5.91 Å². The number of carbonyl (C=O) groups is 1. The number of thioether (sulfide) groups is 1. The molecule has 3 heterocycles. The fourth-order valence-corrected chi connectivity index (χ4v) is 4.51. The molecule has 1 aliphatic carbocycles. The van der Waals surface area contributed by atoms with E-state index in [0.717, 1.165) is 30.8 Å². The number of hydrogen-bond donors (Lipinski definition) is 0. The second-order valence-corrected chi connectivity index (χ2v) is 8.87. The molecule has 168 valence electrons. The van der Waals surface area contributed by atoms with Crippen molar-refractivity contribution in [1.82, 2.24) is 14.9 Å². The zero-order chi connectivity index (χ0) is 23.0. The van der Waals surface area contributed by atoms with Gasteiger partial charge in [0.15, 0.2) is 0 Å². The van der Waals surface area contributed by atoms with Crippen LogP contribution in [-0.2, 0) is 6.18 Å². The highest BCUT2D eigenvalue weighted by Gasteiger charge is 2.33. The maximum absolute atomic E-state index is 13.3. The Balaban J connectivity index is 1.51. The summed E-state index contributed by atoms with van der Waals surface area (Å²) in [5.74, 6) is 0.353. The zero-order valence-electron chi connectivity index (χ0n) is 17.1. The summed E-state index contributed by atoms with van der Waals surface area (Å²) in [6.45, 7) is 1.39. The summed E-state index contributed by atoms with van der Waals surface area (Å²) in [5, 5.41) is 10.1. The van der Waals surface area contributed by atoms with Gasteiger partial charge in [-0.05, 0) is 31.2 Å². The Hall–Kier alpha value is -2.51. The summed E-state index contributed by atoms with van der Waals surface area (Å²) < 4.78 is 38.6. The van der Waals surface area contributed by atoms with E-state index in [1.165, 1.54) is 11.8 Å². The molecular weight excluding hydrogens is 463 g/mol. The lowest BCUT2D eigenvalue weighted by atomic mass is 10.1. The van der Waals surface area contributed by atoms with E-state index >= 15 is 0 Å². The van der Waals surface area contributed by atoms with Gasteiger partial charge >= 0.3 is 6.18 Å². The maximum atomic E-state index is 13.3. The molecule has 0 atom stereocenters. The van der Waals surface area contributed by atoms with Gasteiger partial charge in [-0.3, -0.25) is 4.79 Å². The first kappa shape index (κ1) is 22.7. The molecule has 2 aliphatic rings. The highest BCUT2D eigenvalue weighted by molar-refractivity contribution is 7.98. The molecule has 0 bridgehead atoms. The number of piperazine rings is 1. The van der Waals surface area contributed by atoms with Crippen molar-refractivity contribution < 1.29 is 18.0 Å². The van der Waals surface area contributed by atoms with E-state index in [9.17, 15) is 23.2 Å². The number of aromatic nitrogens is 2. The van der Waals surface area contributed by atoms with Gasteiger partial charge in [0.2, 0.25) is 0 Å². The molecule has 0 radical (unpaired) electrons. The van der Waals surface area contributed by atoms with Gasteiger partial charge in [0, 0.05) is 44.0 Å². The predicted molar refractivity (Wildman–Crippen MR) is 115 cm³/mol. The van der Waals surface area contributed by atoms with E-state index in [4.69, 9.17) is 11.6 Å². The lowest BCUT2D eigenvalue weighted by Crippen LogP contribution is -2.49. The van der Waals surface area contributed by atoms with Gasteiger partial charge in [-0.1, -0.05) is 11.6 Å². The van der Waals surface area contributed by atoms with E-state index in [1.54, 1.807) is 15.9 Å². The molecule has 0 N–H and O–H groups in total. The van der Waals surface area contributed by atoms with Gasteiger partial charge in [-0.2, -0.15) is 18.4 Å². The Morgan fingerprint density at radius 3 is 2.47 bits per heavy atom. The molecule has 0 spiro atoms. The van der Waals surface area contributed by atoms with Crippen LogP contribution in [0.3, 0.4) is 0 Å². The van der Waals surface area contributed by atoms with E-state index < -0.39 is 11.7 Å². The summed E-state index contributed by atoms with van der Waals surface area (Å²) in [5.41, 5.74) is 0.573. The Morgan fingerprint density at radius 1 is 1.25 bits per heavy atom.